The minimum Gasteiger partial charge on any atom is -0.497 e. The van der Waals surface area contributed by atoms with Crippen LogP contribution in [0.15, 0.2) is 54.6 Å². The van der Waals surface area contributed by atoms with E-state index >= 15 is 0 Å². The van der Waals surface area contributed by atoms with E-state index in [2.05, 4.69) is 5.32 Å². The van der Waals surface area contributed by atoms with Crippen LogP contribution >= 0.6 is 0 Å². The number of ether oxygens (including phenoxy) is 2. The number of amides is 1. The lowest BCUT2D eigenvalue weighted by Gasteiger charge is -2.15. The Morgan fingerprint density at radius 3 is 2.09 bits per heavy atom. The van der Waals surface area contributed by atoms with Gasteiger partial charge < -0.3 is 20.5 Å². The van der Waals surface area contributed by atoms with E-state index in [0.717, 1.165) is 17.0 Å². The first-order chi connectivity index (χ1) is 11.1. The van der Waals surface area contributed by atoms with Crippen LogP contribution in [0.2, 0.25) is 0 Å². The zero-order valence-electron chi connectivity index (χ0n) is 13.8. The molecule has 0 saturated heterocycles. The van der Waals surface area contributed by atoms with Crippen molar-refractivity contribution >= 4 is 11.6 Å². The molecule has 0 bridgehead atoms. The van der Waals surface area contributed by atoms with Gasteiger partial charge in [0, 0.05) is 19.8 Å². The van der Waals surface area contributed by atoms with Crippen molar-refractivity contribution in [3.05, 3.63) is 60.2 Å². The van der Waals surface area contributed by atoms with E-state index < -0.39 is 0 Å². The fourth-order valence-corrected chi connectivity index (χ4v) is 1.88. The summed E-state index contributed by atoms with van der Waals surface area (Å²) in [4.78, 5) is 11.3. The summed E-state index contributed by atoms with van der Waals surface area (Å²) >= 11 is 0. The second-order valence-electron chi connectivity index (χ2n) is 4.79. The number of nitrogens with two attached hydrogens (primary N) is 1. The zero-order valence-corrected chi connectivity index (χ0v) is 13.8. The molecule has 1 amide bonds. The van der Waals surface area contributed by atoms with Gasteiger partial charge in [-0.3, -0.25) is 4.79 Å². The van der Waals surface area contributed by atoms with E-state index in [1.54, 1.807) is 21.3 Å². The summed E-state index contributed by atoms with van der Waals surface area (Å²) in [6.07, 6.45) is 0.102. The number of nitrogens with one attached hydrogen (secondary N) is 1. The largest absolute Gasteiger partial charge is 0.497 e. The highest BCUT2D eigenvalue weighted by molar-refractivity contribution is 5.76. The van der Waals surface area contributed by atoms with Gasteiger partial charge in [0.2, 0.25) is 5.91 Å². The van der Waals surface area contributed by atoms with Gasteiger partial charge in [-0.05, 0) is 29.8 Å². The molecule has 0 heterocycles. The summed E-state index contributed by atoms with van der Waals surface area (Å²) in [5.74, 6) is 0.751. The number of benzene rings is 2. The van der Waals surface area contributed by atoms with E-state index in [0.29, 0.717) is 6.42 Å². The number of methoxy groups -OCH3 is 2. The van der Waals surface area contributed by atoms with Crippen LogP contribution < -0.4 is 15.8 Å². The van der Waals surface area contributed by atoms with Gasteiger partial charge in [0.15, 0.2) is 0 Å². The first-order valence-electron chi connectivity index (χ1n) is 7.28. The third-order valence-corrected chi connectivity index (χ3v) is 3.22. The molecule has 0 aliphatic heterocycles. The Labute approximate surface area is 137 Å². The summed E-state index contributed by atoms with van der Waals surface area (Å²) in [6.45, 7) is 0. The van der Waals surface area contributed by atoms with Crippen LogP contribution in [0.3, 0.4) is 0 Å². The second kappa shape index (κ2) is 10.2. The van der Waals surface area contributed by atoms with Gasteiger partial charge in [-0.1, -0.05) is 30.3 Å². The van der Waals surface area contributed by atoms with E-state index in [-0.39, 0.29) is 12.0 Å². The Morgan fingerprint density at radius 2 is 1.70 bits per heavy atom. The number of anilines is 1. The maximum absolute atomic E-state index is 11.3. The van der Waals surface area contributed by atoms with E-state index in [1.807, 2.05) is 54.6 Å². The molecule has 0 aliphatic rings. The first-order valence-corrected chi connectivity index (χ1v) is 7.28. The highest BCUT2D eigenvalue weighted by Crippen LogP contribution is 2.22. The summed E-state index contributed by atoms with van der Waals surface area (Å²) in [6, 6.07) is 17.0. The normalized spacial score (nSPS) is 10.9. The molecule has 124 valence electrons. The molecule has 2 rings (SSSR count). The smallest absolute Gasteiger partial charge is 0.222 e. The fourth-order valence-electron chi connectivity index (χ4n) is 1.88. The third-order valence-electron chi connectivity index (χ3n) is 3.22. The predicted molar refractivity (Wildman–Crippen MR) is 92.3 cm³/mol. The van der Waals surface area contributed by atoms with Crippen molar-refractivity contribution < 1.29 is 14.3 Å². The fraction of sp³-hybridized carbons (Fsp3) is 0.278. The number of carbonyl (C=O) groups is 1. The highest BCUT2D eigenvalue weighted by atomic mass is 16.5. The molecule has 1 unspecified atom stereocenters. The quantitative estimate of drug-likeness (QED) is 0.832. The van der Waals surface area contributed by atoms with Crippen molar-refractivity contribution in [2.75, 3.05) is 27.0 Å². The molecule has 5 nitrogen and oxygen atoms in total. The van der Waals surface area contributed by atoms with Crippen molar-refractivity contribution in [3.8, 4) is 5.75 Å². The summed E-state index contributed by atoms with van der Waals surface area (Å²) in [5.41, 5.74) is 7.14. The Bertz CT molecular complexity index is 571. The maximum atomic E-state index is 11.3. The molecule has 0 aliphatic carbocycles. The Kier molecular flexibility index (Phi) is 8.24. The summed E-state index contributed by atoms with van der Waals surface area (Å²) < 4.78 is 10.3. The number of hydrogen-bond acceptors (Lipinski definition) is 4. The molecule has 2 aromatic rings. The Hall–Kier alpha value is -2.53. The van der Waals surface area contributed by atoms with Crippen LogP contribution in [-0.2, 0) is 9.53 Å². The van der Waals surface area contributed by atoms with Gasteiger partial charge in [0.05, 0.1) is 19.6 Å². The maximum Gasteiger partial charge on any atom is 0.222 e. The summed E-state index contributed by atoms with van der Waals surface area (Å²) in [7, 11) is 4.83. The molecule has 0 saturated carbocycles. The van der Waals surface area contributed by atoms with Gasteiger partial charge in [-0.15, -0.1) is 0 Å². The minimum absolute atomic E-state index is 0.0392. The molecular formula is C18H24N2O3. The van der Waals surface area contributed by atoms with E-state index in [9.17, 15) is 4.79 Å². The lowest BCUT2D eigenvalue weighted by atomic mass is 10.1. The molecule has 0 aromatic heterocycles. The highest BCUT2D eigenvalue weighted by Gasteiger charge is 2.14. The minimum atomic E-state index is -0.217. The summed E-state index contributed by atoms with van der Waals surface area (Å²) in [5, 5.41) is 2.58. The molecule has 0 fully saturated rings. The molecule has 5 heteroatoms. The van der Waals surface area contributed by atoms with Gasteiger partial charge in [0.1, 0.15) is 5.75 Å². The van der Waals surface area contributed by atoms with Crippen LogP contribution in [-0.4, -0.2) is 27.2 Å². The van der Waals surface area contributed by atoms with Crippen molar-refractivity contribution in [2.45, 2.75) is 12.5 Å². The lowest BCUT2D eigenvalue weighted by molar-refractivity contribution is -0.123. The number of rotatable bonds is 5. The predicted octanol–water partition coefficient (Wildman–Crippen LogP) is 2.79. The topological polar surface area (TPSA) is 73.6 Å². The lowest BCUT2D eigenvalue weighted by Crippen LogP contribution is -2.21. The van der Waals surface area contributed by atoms with E-state index in [1.165, 1.54) is 0 Å². The van der Waals surface area contributed by atoms with Crippen molar-refractivity contribution in [1.29, 1.82) is 0 Å². The van der Waals surface area contributed by atoms with Crippen molar-refractivity contribution in [2.24, 2.45) is 0 Å². The van der Waals surface area contributed by atoms with Crippen LogP contribution in [0.5, 0.6) is 5.75 Å². The number of carbonyl (C=O) groups excluding carboxylic acids is 1. The standard InChI is InChI=1S/C12H17NO3.C6H7N/c1-13-12(14)8-11(16-3)9-4-6-10(15-2)7-5-9;7-6-4-2-1-3-5-6/h4-7,11H,8H2,1-3H3,(H,13,14);1-5H,7H2. The number of hydrogen-bond donors (Lipinski definition) is 2. The zero-order chi connectivity index (χ0) is 17.1. The Morgan fingerprint density at radius 1 is 1.09 bits per heavy atom. The van der Waals surface area contributed by atoms with Crippen LogP contribution in [0.25, 0.3) is 0 Å². The van der Waals surface area contributed by atoms with Crippen LogP contribution in [0, 0.1) is 0 Å². The molecule has 23 heavy (non-hydrogen) atoms. The molecule has 0 spiro atoms. The average Bonchev–Trinajstić information content (AvgIpc) is 2.60. The van der Waals surface area contributed by atoms with Gasteiger partial charge in [-0.25, -0.2) is 0 Å². The van der Waals surface area contributed by atoms with Crippen LogP contribution in [0.1, 0.15) is 18.1 Å². The molecule has 3 N–H and O–H groups in total. The van der Waals surface area contributed by atoms with Gasteiger partial charge in [-0.2, -0.15) is 0 Å². The second-order valence-corrected chi connectivity index (χ2v) is 4.79. The van der Waals surface area contributed by atoms with E-state index in [4.69, 9.17) is 15.2 Å². The molecule has 1 atom stereocenters. The van der Waals surface area contributed by atoms with Crippen molar-refractivity contribution in [1.82, 2.24) is 5.32 Å². The van der Waals surface area contributed by atoms with Crippen molar-refractivity contribution in [3.63, 3.8) is 0 Å². The number of nitrogen functional groups attached to an aromatic ring is 1. The molecule has 0 radical (unpaired) electrons. The Balaban J connectivity index is 0.000000313. The monoisotopic (exact) mass is 316 g/mol. The SMILES string of the molecule is CNC(=O)CC(OC)c1ccc(OC)cc1.Nc1ccccc1. The van der Waals surface area contributed by atoms with Gasteiger partial charge in [0.25, 0.3) is 0 Å². The number of para-hydroxylation sites is 1. The third kappa shape index (κ3) is 6.84. The average molecular weight is 316 g/mol. The molecule has 2 aromatic carbocycles. The van der Waals surface area contributed by atoms with Crippen LogP contribution in [0.4, 0.5) is 5.69 Å². The van der Waals surface area contributed by atoms with Gasteiger partial charge >= 0.3 is 0 Å². The first kappa shape index (κ1) is 18.5. The molecular weight excluding hydrogens is 292 g/mol.